The van der Waals surface area contributed by atoms with Gasteiger partial charge in [0.05, 0.1) is 12.3 Å². The van der Waals surface area contributed by atoms with Crippen molar-refractivity contribution in [3.63, 3.8) is 0 Å². The third kappa shape index (κ3) is 4.68. The van der Waals surface area contributed by atoms with E-state index in [9.17, 15) is 9.59 Å². The molecule has 0 aliphatic carbocycles. The quantitative estimate of drug-likeness (QED) is 0.655. The van der Waals surface area contributed by atoms with Crippen LogP contribution in [0.5, 0.6) is 0 Å². The standard InChI is InChI=1S/C23H24N2O3/c1-23(2,3)20(16-9-5-4-6-10-16)25-21(26)17-11-7-12-18(15-17)24-22(27)19-13-8-14-28-19/h4-15,20H,1-3H3,(H,24,27)(H,25,26). The molecule has 28 heavy (non-hydrogen) atoms. The molecule has 0 fully saturated rings. The van der Waals surface area contributed by atoms with E-state index in [2.05, 4.69) is 31.4 Å². The van der Waals surface area contributed by atoms with Gasteiger partial charge in [0.2, 0.25) is 0 Å². The second-order valence-electron chi connectivity index (χ2n) is 7.70. The van der Waals surface area contributed by atoms with Gasteiger partial charge in [-0.3, -0.25) is 9.59 Å². The molecular formula is C23H24N2O3. The maximum Gasteiger partial charge on any atom is 0.291 e. The van der Waals surface area contributed by atoms with Crippen LogP contribution >= 0.6 is 0 Å². The molecule has 2 N–H and O–H groups in total. The number of furan rings is 1. The molecule has 0 spiro atoms. The number of nitrogens with one attached hydrogen (secondary N) is 2. The molecule has 0 radical (unpaired) electrons. The first-order valence-corrected chi connectivity index (χ1v) is 9.15. The molecule has 2 amide bonds. The molecule has 1 unspecified atom stereocenters. The van der Waals surface area contributed by atoms with E-state index in [0.29, 0.717) is 11.3 Å². The lowest BCUT2D eigenvalue weighted by Gasteiger charge is -2.32. The van der Waals surface area contributed by atoms with Gasteiger partial charge in [-0.05, 0) is 41.3 Å². The summed E-state index contributed by atoms with van der Waals surface area (Å²) in [5.74, 6) is -0.344. The molecule has 2 aromatic carbocycles. The number of amides is 2. The highest BCUT2D eigenvalue weighted by Crippen LogP contribution is 2.33. The van der Waals surface area contributed by atoms with Crippen LogP contribution in [0, 0.1) is 5.41 Å². The second kappa shape index (κ2) is 8.13. The Morgan fingerprint density at radius 3 is 2.29 bits per heavy atom. The van der Waals surface area contributed by atoms with E-state index in [0.717, 1.165) is 5.56 Å². The van der Waals surface area contributed by atoms with Crippen molar-refractivity contribution in [1.82, 2.24) is 5.32 Å². The smallest absolute Gasteiger partial charge is 0.291 e. The van der Waals surface area contributed by atoms with E-state index in [4.69, 9.17) is 4.42 Å². The minimum absolute atomic E-state index is 0.150. The van der Waals surface area contributed by atoms with Crippen LogP contribution in [-0.2, 0) is 0 Å². The topological polar surface area (TPSA) is 71.3 Å². The Hall–Kier alpha value is -3.34. The Morgan fingerprint density at radius 1 is 0.893 bits per heavy atom. The molecule has 1 atom stereocenters. The average Bonchev–Trinajstić information content (AvgIpc) is 3.21. The maximum atomic E-state index is 12.9. The molecule has 5 heteroatoms. The Balaban J connectivity index is 1.77. The van der Waals surface area contributed by atoms with Crippen molar-refractivity contribution in [3.05, 3.63) is 89.9 Å². The van der Waals surface area contributed by atoms with Crippen molar-refractivity contribution in [2.45, 2.75) is 26.8 Å². The van der Waals surface area contributed by atoms with E-state index in [1.54, 1.807) is 36.4 Å². The highest BCUT2D eigenvalue weighted by molar-refractivity contribution is 6.03. The lowest BCUT2D eigenvalue weighted by Crippen LogP contribution is -2.36. The van der Waals surface area contributed by atoms with Crippen LogP contribution in [0.4, 0.5) is 5.69 Å². The van der Waals surface area contributed by atoms with Gasteiger partial charge < -0.3 is 15.1 Å². The van der Waals surface area contributed by atoms with Gasteiger partial charge in [-0.2, -0.15) is 0 Å². The molecule has 0 aliphatic heterocycles. The summed E-state index contributed by atoms with van der Waals surface area (Å²) in [6.07, 6.45) is 1.44. The van der Waals surface area contributed by atoms with Gasteiger partial charge >= 0.3 is 0 Å². The molecule has 144 valence electrons. The third-order valence-electron chi connectivity index (χ3n) is 4.40. The fraction of sp³-hybridized carbons (Fsp3) is 0.217. The molecule has 0 saturated carbocycles. The van der Waals surface area contributed by atoms with E-state index in [1.165, 1.54) is 6.26 Å². The van der Waals surface area contributed by atoms with Crippen molar-refractivity contribution in [3.8, 4) is 0 Å². The Labute approximate surface area is 164 Å². The zero-order valence-corrected chi connectivity index (χ0v) is 16.2. The first-order chi connectivity index (χ1) is 13.3. The Morgan fingerprint density at radius 2 is 1.64 bits per heavy atom. The molecule has 5 nitrogen and oxygen atoms in total. The van der Waals surface area contributed by atoms with Crippen LogP contribution in [0.25, 0.3) is 0 Å². The van der Waals surface area contributed by atoms with Crippen molar-refractivity contribution in [2.75, 3.05) is 5.32 Å². The van der Waals surface area contributed by atoms with Gasteiger partial charge in [-0.25, -0.2) is 0 Å². The number of carbonyl (C=O) groups excluding carboxylic acids is 2. The van der Waals surface area contributed by atoms with Crippen molar-refractivity contribution in [1.29, 1.82) is 0 Å². The minimum atomic E-state index is -0.362. The van der Waals surface area contributed by atoms with E-state index < -0.39 is 0 Å². The van der Waals surface area contributed by atoms with Gasteiger partial charge in [0, 0.05) is 11.3 Å². The normalized spacial score (nSPS) is 12.2. The van der Waals surface area contributed by atoms with E-state index in [1.807, 2.05) is 30.3 Å². The molecule has 1 aromatic heterocycles. The fourth-order valence-corrected chi connectivity index (χ4v) is 3.00. The predicted octanol–water partition coefficient (Wildman–Crippen LogP) is 5.05. The summed E-state index contributed by atoms with van der Waals surface area (Å²) in [6, 6.07) is 19.8. The molecular weight excluding hydrogens is 352 g/mol. The number of hydrogen-bond acceptors (Lipinski definition) is 3. The third-order valence-corrected chi connectivity index (χ3v) is 4.40. The fourth-order valence-electron chi connectivity index (χ4n) is 3.00. The van der Waals surface area contributed by atoms with Crippen LogP contribution in [0.15, 0.2) is 77.4 Å². The van der Waals surface area contributed by atoms with Crippen LogP contribution in [0.3, 0.4) is 0 Å². The summed E-state index contributed by atoms with van der Waals surface area (Å²) in [5, 5.41) is 5.87. The van der Waals surface area contributed by atoms with E-state index >= 15 is 0 Å². The summed E-state index contributed by atoms with van der Waals surface area (Å²) < 4.78 is 5.09. The number of rotatable bonds is 5. The zero-order valence-electron chi connectivity index (χ0n) is 16.2. The van der Waals surface area contributed by atoms with Crippen LogP contribution in [-0.4, -0.2) is 11.8 Å². The van der Waals surface area contributed by atoms with Gasteiger partial charge in [0.15, 0.2) is 5.76 Å². The summed E-state index contributed by atoms with van der Waals surface area (Å²) in [6.45, 7) is 6.26. The predicted molar refractivity (Wildman–Crippen MR) is 109 cm³/mol. The largest absolute Gasteiger partial charge is 0.459 e. The van der Waals surface area contributed by atoms with Gasteiger partial charge in [-0.1, -0.05) is 57.2 Å². The first kappa shape index (κ1) is 19.4. The Bertz CT molecular complexity index is 941. The molecule has 1 heterocycles. The number of hydrogen-bond donors (Lipinski definition) is 2. The lowest BCUT2D eigenvalue weighted by molar-refractivity contribution is 0.0901. The van der Waals surface area contributed by atoms with Gasteiger partial charge in [0.1, 0.15) is 0 Å². The SMILES string of the molecule is CC(C)(C)C(NC(=O)c1cccc(NC(=O)c2ccco2)c1)c1ccccc1. The van der Waals surface area contributed by atoms with Gasteiger partial charge in [-0.15, -0.1) is 0 Å². The molecule has 3 rings (SSSR count). The number of benzene rings is 2. The van der Waals surface area contributed by atoms with Crippen LogP contribution < -0.4 is 10.6 Å². The van der Waals surface area contributed by atoms with Crippen molar-refractivity contribution < 1.29 is 14.0 Å². The number of carbonyl (C=O) groups is 2. The summed E-state index contributed by atoms with van der Waals surface area (Å²) in [4.78, 5) is 25.0. The monoisotopic (exact) mass is 376 g/mol. The highest BCUT2D eigenvalue weighted by atomic mass is 16.3. The van der Waals surface area contributed by atoms with Crippen molar-refractivity contribution >= 4 is 17.5 Å². The van der Waals surface area contributed by atoms with Gasteiger partial charge in [0.25, 0.3) is 11.8 Å². The van der Waals surface area contributed by atoms with Crippen molar-refractivity contribution in [2.24, 2.45) is 5.41 Å². The second-order valence-corrected chi connectivity index (χ2v) is 7.70. The van der Waals surface area contributed by atoms with Crippen LogP contribution in [0.1, 0.15) is 53.3 Å². The lowest BCUT2D eigenvalue weighted by atomic mass is 9.82. The minimum Gasteiger partial charge on any atom is -0.459 e. The summed E-state index contributed by atoms with van der Waals surface area (Å²) in [5.41, 5.74) is 1.89. The zero-order chi connectivity index (χ0) is 20.1. The maximum absolute atomic E-state index is 12.9. The molecule has 0 saturated heterocycles. The molecule has 0 aliphatic rings. The summed E-state index contributed by atoms with van der Waals surface area (Å²) in [7, 11) is 0. The number of anilines is 1. The average molecular weight is 376 g/mol. The Kier molecular flexibility index (Phi) is 5.64. The van der Waals surface area contributed by atoms with Crippen LogP contribution in [0.2, 0.25) is 0 Å². The highest BCUT2D eigenvalue weighted by Gasteiger charge is 2.28. The van der Waals surface area contributed by atoms with E-state index in [-0.39, 0.29) is 29.0 Å². The first-order valence-electron chi connectivity index (χ1n) is 9.15. The molecule has 0 bridgehead atoms. The molecule has 3 aromatic rings. The summed E-state index contributed by atoms with van der Waals surface area (Å²) >= 11 is 0.